The first kappa shape index (κ1) is 35.0. The maximum absolute atomic E-state index is 8.63. The molecule has 0 saturated carbocycles. The van der Waals surface area contributed by atoms with Crippen LogP contribution in [0.2, 0.25) is 0 Å². The fraction of sp³-hybridized carbons (Fsp3) is 0.0465. The molecule has 6 aromatic carbocycles. The summed E-state index contributed by atoms with van der Waals surface area (Å²) in [4.78, 5) is 0. The van der Waals surface area contributed by atoms with Gasteiger partial charge in [0.15, 0.2) is 0 Å². The number of nitrogens with zero attached hydrogens (tertiary/aromatic N) is 1. The van der Waals surface area contributed by atoms with Crippen molar-refractivity contribution in [2.75, 3.05) is 0 Å². The van der Waals surface area contributed by atoms with E-state index in [1.165, 1.54) is 0 Å². The van der Waals surface area contributed by atoms with Crippen molar-refractivity contribution in [3.05, 3.63) is 212 Å². The minimum absolute atomic E-state index is 0. The largest absolute Gasteiger partial charge is 1.00 e. The number of aromatic nitrogens is 1. The number of hydrogen-bond acceptors (Lipinski definition) is 0. The molecule has 1 heterocycles. The minimum atomic E-state index is -3.66. The molecule has 0 aliphatic heterocycles. The van der Waals surface area contributed by atoms with Crippen LogP contribution in [-0.4, -0.2) is 0 Å². The zero-order chi connectivity index (χ0) is 33.0. The Morgan fingerprint density at radius 2 is 0.612 bits per heavy atom. The molecule has 0 aliphatic carbocycles. The van der Waals surface area contributed by atoms with Gasteiger partial charge in [-0.15, -0.1) is 0 Å². The Morgan fingerprint density at radius 1 is 0.347 bits per heavy atom. The average molecular weight is 737 g/mol. The number of rotatable bonds is 10. The van der Waals surface area contributed by atoms with E-state index in [2.05, 4.69) is 211 Å². The molecule has 0 saturated heterocycles. The Morgan fingerprint density at radius 3 is 0.918 bits per heavy atom. The summed E-state index contributed by atoms with van der Waals surface area (Å²) in [6.45, 7) is 0. The van der Waals surface area contributed by atoms with Crippen LogP contribution in [0.4, 0.5) is 0 Å². The number of benzene rings is 6. The van der Waals surface area contributed by atoms with Gasteiger partial charge in [-0.05, 0) is 0 Å². The molecule has 0 radical (unpaired) electrons. The van der Waals surface area contributed by atoms with E-state index in [1.807, 2.05) is 0 Å². The summed E-state index contributed by atoms with van der Waals surface area (Å²) in [6, 6.07) is 70.6. The molecule has 6 heteroatoms. The van der Waals surface area contributed by atoms with Gasteiger partial charge >= 0.3 is 295 Å². The van der Waals surface area contributed by atoms with Crippen LogP contribution in [0.3, 0.4) is 0 Å². The van der Waals surface area contributed by atoms with Crippen LogP contribution in [0, 0.1) is 0 Å². The van der Waals surface area contributed by atoms with E-state index in [0.29, 0.717) is 12.4 Å². The first-order chi connectivity index (χ1) is 23.4. The fourth-order valence-corrected chi connectivity index (χ4v) is 19.3. The number of halogens is 3. The molecular formula is C43H38Cl3NP2. The Labute approximate surface area is 306 Å². The van der Waals surface area contributed by atoms with Crippen molar-refractivity contribution < 1.29 is 17.0 Å². The Hall–Kier alpha value is -3.80. The molecule has 7 rings (SSSR count). The van der Waals surface area contributed by atoms with Gasteiger partial charge in [-0.3, -0.25) is 0 Å². The van der Waals surface area contributed by atoms with Gasteiger partial charge in [0.1, 0.15) is 0 Å². The average Bonchev–Trinajstić information content (AvgIpc) is 3.18. The molecule has 0 amide bonds. The first-order valence-electron chi connectivity index (χ1n) is 16.2. The SMILES string of the molecule is ClP(Cc1cccc[n+]1CP(Cl)(c1ccccc1)(c1ccccc1)c1ccccc1)(c1ccccc1)(c1ccccc1)c1ccccc1.[Cl-]. The van der Waals surface area contributed by atoms with E-state index in [-0.39, 0.29) is 12.4 Å². The molecule has 0 aliphatic rings. The molecule has 246 valence electrons. The van der Waals surface area contributed by atoms with Crippen LogP contribution in [0.15, 0.2) is 206 Å². The molecule has 0 fully saturated rings. The first-order valence-corrected chi connectivity index (χ1v) is 22.9. The van der Waals surface area contributed by atoms with E-state index >= 15 is 0 Å². The van der Waals surface area contributed by atoms with Gasteiger partial charge in [0, 0.05) is 0 Å². The molecular weight excluding hydrogens is 699 g/mol. The predicted octanol–water partition coefficient (Wildman–Crippen LogP) is 5.80. The van der Waals surface area contributed by atoms with Gasteiger partial charge in [-0.25, -0.2) is 0 Å². The minimum Gasteiger partial charge on any atom is -1.00 e. The van der Waals surface area contributed by atoms with E-state index < -0.39 is 11.9 Å². The quantitative estimate of drug-likeness (QED) is 0.124. The van der Waals surface area contributed by atoms with E-state index in [4.69, 9.17) is 22.5 Å². The van der Waals surface area contributed by atoms with Crippen LogP contribution in [0.25, 0.3) is 0 Å². The van der Waals surface area contributed by atoms with Crippen molar-refractivity contribution in [1.82, 2.24) is 0 Å². The summed E-state index contributed by atoms with van der Waals surface area (Å²) in [5.74, 6) is -7.30. The summed E-state index contributed by atoms with van der Waals surface area (Å²) >= 11 is 17.3. The van der Waals surface area contributed by atoms with Gasteiger partial charge in [0.05, 0.1) is 0 Å². The van der Waals surface area contributed by atoms with Gasteiger partial charge in [-0.2, -0.15) is 0 Å². The van der Waals surface area contributed by atoms with Gasteiger partial charge in [0.2, 0.25) is 0 Å². The van der Waals surface area contributed by atoms with Crippen molar-refractivity contribution in [1.29, 1.82) is 0 Å². The van der Waals surface area contributed by atoms with Gasteiger partial charge < -0.3 is 12.4 Å². The van der Waals surface area contributed by atoms with Crippen LogP contribution < -0.4 is 48.8 Å². The van der Waals surface area contributed by atoms with Crippen molar-refractivity contribution >= 4 is 66.2 Å². The summed E-state index contributed by atoms with van der Waals surface area (Å²) in [5, 5.41) is 6.79. The van der Waals surface area contributed by atoms with E-state index in [9.17, 15) is 0 Å². The predicted molar refractivity (Wildman–Crippen MR) is 212 cm³/mol. The Balaban J connectivity index is 0.00000417. The third-order valence-electron chi connectivity index (χ3n) is 9.68. The molecule has 7 aromatic rings. The molecule has 1 aromatic heterocycles. The third-order valence-corrected chi connectivity index (χ3v) is 23.9. The van der Waals surface area contributed by atoms with Crippen LogP contribution in [0.1, 0.15) is 5.69 Å². The summed E-state index contributed by atoms with van der Waals surface area (Å²) in [6.07, 6.45) is 3.35. The van der Waals surface area contributed by atoms with Crippen molar-refractivity contribution in [3.63, 3.8) is 0 Å². The van der Waals surface area contributed by atoms with Crippen LogP contribution >= 0.6 is 34.4 Å². The Kier molecular flexibility index (Phi) is 10.2. The molecule has 49 heavy (non-hydrogen) atoms. The zero-order valence-electron chi connectivity index (χ0n) is 27.0. The third kappa shape index (κ3) is 5.93. The normalized spacial score (nSPS) is 13.2. The standard InChI is InChI=1S/C43H38Cl2NP2.ClH/c44-47(38-22-7-1-8-23-38,39-24-9-2-10-25-39,40-26-11-3-12-27-40)35-37-21-19-20-34-46(37)36-48(45,41-28-13-4-14-29-41,42-30-15-5-16-31-42)43-32-17-6-18-33-43;/h1-34H,35-36H2;1H/q+1;/p-1. The summed E-state index contributed by atoms with van der Waals surface area (Å²) in [5.41, 5.74) is 1.12. The van der Waals surface area contributed by atoms with Crippen molar-refractivity contribution in [2.24, 2.45) is 0 Å². The molecule has 1 nitrogen and oxygen atoms in total. The second-order valence-corrected chi connectivity index (χ2v) is 25.2. The maximum atomic E-state index is 8.63. The molecule has 0 spiro atoms. The molecule has 0 atom stereocenters. The van der Waals surface area contributed by atoms with E-state index in [1.54, 1.807) is 0 Å². The monoisotopic (exact) mass is 735 g/mol. The number of hydrogen-bond donors (Lipinski definition) is 0. The van der Waals surface area contributed by atoms with E-state index in [0.717, 1.165) is 37.5 Å². The van der Waals surface area contributed by atoms with Crippen molar-refractivity contribution in [3.8, 4) is 0 Å². The Bertz CT molecular complexity index is 1760. The topological polar surface area (TPSA) is 3.88 Å². The summed E-state index contributed by atoms with van der Waals surface area (Å²) < 4.78 is 2.39. The smallest absolute Gasteiger partial charge is 1.00 e. The van der Waals surface area contributed by atoms with Crippen LogP contribution in [0.5, 0.6) is 0 Å². The molecule has 0 N–H and O–H groups in total. The van der Waals surface area contributed by atoms with Gasteiger partial charge in [0.25, 0.3) is 0 Å². The fourth-order valence-electron chi connectivity index (χ4n) is 7.23. The second-order valence-electron chi connectivity index (χ2n) is 12.3. The number of pyridine rings is 1. The van der Waals surface area contributed by atoms with Crippen molar-refractivity contribution in [2.45, 2.75) is 12.4 Å². The zero-order valence-corrected chi connectivity index (χ0v) is 31.1. The van der Waals surface area contributed by atoms with Gasteiger partial charge in [-0.1, -0.05) is 0 Å². The molecule has 0 bridgehead atoms. The second kappa shape index (κ2) is 14.2. The maximum Gasteiger partial charge on any atom is -1.00 e. The van der Waals surface area contributed by atoms with Crippen LogP contribution in [-0.2, 0) is 12.4 Å². The summed E-state index contributed by atoms with van der Waals surface area (Å²) in [7, 11) is 0. The molecule has 0 unspecified atom stereocenters.